The molecule has 1 saturated carbocycles. The highest BCUT2D eigenvalue weighted by molar-refractivity contribution is 5.88. The molecule has 2 heterocycles. The minimum atomic E-state index is -0.370. The molecular formula is C20H25N3O3. The summed E-state index contributed by atoms with van der Waals surface area (Å²) in [6.07, 6.45) is 7.25. The van der Waals surface area contributed by atoms with Crippen LogP contribution in [0.5, 0.6) is 5.75 Å². The second-order valence-corrected chi connectivity index (χ2v) is 7.37. The lowest BCUT2D eigenvalue weighted by Crippen LogP contribution is -2.48. The van der Waals surface area contributed by atoms with Gasteiger partial charge in [-0.2, -0.15) is 4.98 Å². The average Bonchev–Trinajstić information content (AvgIpc) is 3.40. The number of hydrogen-bond donors (Lipinski definition) is 0. The second kappa shape index (κ2) is 7.09. The predicted molar refractivity (Wildman–Crippen MR) is 96.0 cm³/mol. The van der Waals surface area contributed by atoms with Crippen molar-refractivity contribution in [2.24, 2.45) is 0 Å². The van der Waals surface area contributed by atoms with Crippen molar-refractivity contribution in [1.29, 1.82) is 0 Å². The summed E-state index contributed by atoms with van der Waals surface area (Å²) in [4.78, 5) is 19.7. The molecule has 1 aromatic heterocycles. The van der Waals surface area contributed by atoms with E-state index >= 15 is 0 Å². The molecule has 138 valence electrons. The van der Waals surface area contributed by atoms with E-state index in [9.17, 15) is 4.79 Å². The normalized spacial score (nSPS) is 20.3. The highest BCUT2D eigenvalue weighted by atomic mass is 16.5. The third-order valence-corrected chi connectivity index (χ3v) is 6.03. The van der Waals surface area contributed by atoms with E-state index in [1.807, 2.05) is 17.0 Å². The quantitative estimate of drug-likeness (QED) is 0.842. The summed E-state index contributed by atoms with van der Waals surface area (Å²) in [5, 5.41) is 3.96. The molecule has 2 aromatic rings. The molecular weight excluding hydrogens is 330 g/mol. The van der Waals surface area contributed by atoms with Gasteiger partial charge < -0.3 is 14.2 Å². The number of methoxy groups -OCH3 is 1. The molecule has 0 bridgehead atoms. The zero-order valence-corrected chi connectivity index (χ0v) is 15.2. The summed E-state index contributed by atoms with van der Waals surface area (Å²) in [7, 11) is 1.67. The van der Waals surface area contributed by atoms with Crippen LogP contribution in [0.2, 0.25) is 0 Å². The number of piperidine rings is 1. The Hall–Kier alpha value is -2.37. The van der Waals surface area contributed by atoms with Crippen LogP contribution in [0.4, 0.5) is 0 Å². The minimum absolute atomic E-state index is 0.284. The van der Waals surface area contributed by atoms with Gasteiger partial charge in [-0.25, -0.2) is 0 Å². The lowest BCUT2D eigenvalue weighted by molar-refractivity contribution is -0.138. The van der Waals surface area contributed by atoms with Gasteiger partial charge in [0.25, 0.3) is 0 Å². The van der Waals surface area contributed by atoms with Crippen LogP contribution in [0.3, 0.4) is 0 Å². The Kier molecular flexibility index (Phi) is 4.66. The van der Waals surface area contributed by atoms with E-state index in [2.05, 4.69) is 22.3 Å². The van der Waals surface area contributed by atoms with Gasteiger partial charge in [0.1, 0.15) is 5.75 Å². The first kappa shape index (κ1) is 17.1. The van der Waals surface area contributed by atoms with Crippen molar-refractivity contribution in [3.8, 4) is 5.75 Å². The number of likely N-dealkylation sites (tertiary alicyclic amines) is 1. The van der Waals surface area contributed by atoms with Gasteiger partial charge in [0, 0.05) is 19.0 Å². The number of rotatable bonds is 4. The lowest BCUT2D eigenvalue weighted by Gasteiger charge is -2.38. The molecule has 2 aliphatic rings. The smallest absolute Gasteiger partial charge is 0.233 e. The van der Waals surface area contributed by atoms with Crippen LogP contribution < -0.4 is 4.74 Å². The zero-order chi connectivity index (χ0) is 18.0. The number of nitrogens with zero attached hydrogens (tertiary/aromatic N) is 3. The molecule has 1 amide bonds. The fourth-order valence-corrected chi connectivity index (χ4v) is 4.52. The number of amides is 1. The summed E-state index contributed by atoms with van der Waals surface area (Å²) in [5.74, 6) is 2.17. The number of aromatic nitrogens is 2. The number of carbonyl (C=O) groups is 1. The van der Waals surface area contributed by atoms with Crippen molar-refractivity contribution < 1.29 is 14.1 Å². The molecule has 6 heteroatoms. The van der Waals surface area contributed by atoms with Crippen LogP contribution >= 0.6 is 0 Å². The molecule has 0 spiro atoms. The number of ether oxygens (including phenoxy) is 1. The monoisotopic (exact) mass is 355 g/mol. The molecule has 0 atom stereocenters. The maximum absolute atomic E-state index is 13.5. The molecule has 1 aliphatic heterocycles. The fourth-order valence-electron chi connectivity index (χ4n) is 4.52. The van der Waals surface area contributed by atoms with E-state index in [1.54, 1.807) is 7.11 Å². The third-order valence-electron chi connectivity index (χ3n) is 6.03. The highest BCUT2D eigenvalue weighted by Crippen LogP contribution is 2.44. The van der Waals surface area contributed by atoms with Crippen molar-refractivity contribution in [3.63, 3.8) is 0 Å². The Morgan fingerprint density at radius 3 is 2.46 bits per heavy atom. The molecule has 1 saturated heterocycles. The summed E-state index contributed by atoms with van der Waals surface area (Å²) in [6.45, 7) is 1.52. The van der Waals surface area contributed by atoms with Crippen LogP contribution in [0, 0.1) is 0 Å². The number of carbonyl (C=O) groups excluding carboxylic acids is 1. The van der Waals surface area contributed by atoms with E-state index in [4.69, 9.17) is 9.26 Å². The predicted octanol–water partition coefficient (Wildman–Crippen LogP) is 3.30. The third kappa shape index (κ3) is 2.97. The largest absolute Gasteiger partial charge is 0.497 e. The molecule has 0 N–H and O–H groups in total. The van der Waals surface area contributed by atoms with E-state index < -0.39 is 0 Å². The van der Waals surface area contributed by atoms with Gasteiger partial charge in [-0.1, -0.05) is 30.1 Å². The lowest BCUT2D eigenvalue weighted by atomic mass is 9.77. The summed E-state index contributed by atoms with van der Waals surface area (Å²) >= 11 is 0. The Balaban J connectivity index is 1.51. The minimum Gasteiger partial charge on any atom is -0.497 e. The number of hydrogen-bond acceptors (Lipinski definition) is 5. The van der Waals surface area contributed by atoms with Gasteiger partial charge in [-0.15, -0.1) is 0 Å². The first-order chi connectivity index (χ1) is 12.7. The highest BCUT2D eigenvalue weighted by Gasteiger charge is 2.45. The molecule has 4 rings (SSSR count). The summed E-state index contributed by atoms with van der Waals surface area (Å²) < 4.78 is 10.1. The maximum Gasteiger partial charge on any atom is 0.233 e. The van der Waals surface area contributed by atoms with Gasteiger partial charge in [-0.05, 0) is 43.4 Å². The van der Waals surface area contributed by atoms with Crippen molar-refractivity contribution in [2.75, 3.05) is 20.2 Å². The standard InChI is InChI=1S/C20H25N3O3/c1-25-17-6-4-16(5-7-17)20(10-2-3-11-20)19(24)23-12-8-15(9-13-23)18-21-14-26-22-18/h4-7,14-15H,2-3,8-13H2,1H3. The molecule has 0 radical (unpaired) electrons. The van der Waals surface area contributed by atoms with E-state index in [-0.39, 0.29) is 11.3 Å². The van der Waals surface area contributed by atoms with Crippen molar-refractivity contribution in [1.82, 2.24) is 15.0 Å². The molecule has 0 unspecified atom stereocenters. The maximum atomic E-state index is 13.5. The van der Waals surface area contributed by atoms with E-state index in [0.29, 0.717) is 5.92 Å². The zero-order valence-electron chi connectivity index (χ0n) is 15.2. The van der Waals surface area contributed by atoms with Crippen molar-refractivity contribution >= 4 is 5.91 Å². The molecule has 2 fully saturated rings. The fraction of sp³-hybridized carbons (Fsp3) is 0.550. The molecule has 1 aromatic carbocycles. The second-order valence-electron chi connectivity index (χ2n) is 7.37. The first-order valence-corrected chi connectivity index (χ1v) is 9.43. The van der Waals surface area contributed by atoms with E-state index in [1.165, 1.54) is 6.39 Å². The van der Waals surface area contributed by atoms with Crippen LogP contribution in [0.1, 0.15) is 55.8 Å². The van der Waals surface area contributed by atoms with Crippen molar-refractivity contribution in [3.05, 3.63) is 42.0 Å². The first-order valence-electron chi connectivity index (χ1n) is 9.43. The average molecular weight is 355 g/mol. The van der Waals surface area contributed by atoms with Crippen LogP contribution in [0.25, 0.3) is 0 Å². The summed E-state index contributed by atoms with van der Waals surface area (Å²) in [6, 6.07) is 8.05. The Morgan fingerprint density at radius 2 is 1.88 bits per heavy atom. The van der Waals surface area contributed by atoms with Gasteiger partial charge in [0.2, 0.25) is 12.3 Å². The van der Waals surface area contributed by atoms with Crippen LogP contribution in [-0.4, -0.2) is 41.1 Å². The topological polar surface area (TPSA) is 68.5 Å². The SMILES string of the molecule is COc1ccc(C2(C(=O)N3CCC(c4ncon4)CC3)CCCC2)cc1. The van der Waals surface area contributed by atoms with Crippen molar-refractivity contribution in [2.45, 2.75) is 49.9 Å². The summed E-state index contributed by atoms with van der Waals surface area (Å²) in [5.41, 5.74) is 0.756. The Morgan fingerprint density at radius 1 is 1.19 bits per heavy atom. The van der Waals surface area contributed by atoms with Gasteiger partial charge >= 0.3 is 0 Å². The van der Waals surface area contributed by atoms with Crippen LogP contribution in [0.15, 0.2) is 35.2 Å². The Labute approximate surface area is 153 Å². The molecule has 1 aliphatic carbocycles. The number of benzene rings is 1. The van der Waals surface area contributed by atoms with E-state index in [0.717, 1.165) is 68.8 Å². The molecule has 6 nitrogen and oxygen atoms in total. The van der Waals surface area contributed by atoms with Gasteiger partial charge in [0.15, 0.2) is 5.82 Å². The molecule has 26 heavy (non-hydrogen) atoms. The van der Waals surface area contributed by atoms with Crippen LogP contribution in [-0.2, 0) is 10.2 Å². The van der Waals surface area contributed by atoms with Gasteiger partial charge in [-0.3, -0.25) is 4.79 Å². The van der Waals surface area contributed by atoms with Gasteiger partial charge in [0.05, 0.1) is 12.5 Å². The Bertz CT molecular complexity index is 728.